The lowest BCUT2D eigenvalue weighted by atomic mass is 9.93. The van der Waals surface area contributed by atoms with Gasteiger partial charge in [-0.15, -0.1) is 0 Å². The van der Waals surface area contributed by atoms with Crippen molar-refractivity contribution in [3.63, 3.8) is 0 Å². The van der Waals surface area contributed by atoms with E-state index in [2.05, 4.69) is 6.07 Å². The molecular formula is C20H23NO4. The van der Waals surface area contributed by atoms with Gasteiger partial charge >= 0.3 is 0 Å². The van der Waals surface area contributed by atoms with E-state index >= 15 is 0 Å². The van der Waals surface area contributed by atoms with Gasteiger partial charge in [0.05, 0.1) is 20.3 Å². The first-order chi connectivity index (χ1) is 12.1. The number of carbonyl (C=O) groups excluding carboxylic acids is 1. The fraction of sp³-hybridized carbons (Fsp3) is 0.350. The second-order valence-corrected chi connectivity index (χ2v) is 6.02. The lowest BCUT2D eigenvalue weighted by Crippen LogP contribution is -2.41. The minimum absolute atomic E-state index is 0.00683. The van der Waals surface area contributed by atoms with Gasteiger partial charge in [0.2, 0.25) is 0 Å². The molecule has 3 rings (SSSR count). The van der Waals surface area contributed by atoms with Gasteiger partial charge in [0, 0.05) is 6.54 Å². The summed E-state index contributed by atoms with van der Waals surface area (Å²) < 4.78 is 16.2. The number of nitrogens with zero attached hydrogens (tertiary/aromatic N) is 1. The molecule has 1 heterocycles. The molecule has 0 spiro atoms. The molecule has 5 nitrogen and oxygen atoms in total. The third kappa shape index (κ3) is 3.55. The van der Waals surface area contributed by atoms with Crippen LogP contribution in [0.15, 0.2) is 42.5 Å². The summed E-state index contributed by atoms with van der Waals surface area (Å²) in [4.78, 5) is 14.5. The van der Waals surface area contributed by atoms with E-state index in [-0.39, 0.29) is 18.6 Å². The maximum atomic E-state index is 12.7. The summed E-state index contributed by atoms with van der Waals surface area (Å²) in [6.07, 6.45) is 0.837. The van der Waals surface area contributed by atoms with E-state index in [4.69, 9.17) is 14.2 Å². The monoisotopic (exact) mass is 341 g/mol. The van der Waals surface area contributed by atoms with E-state index in [0.29, 0.717) is 18.0 Å². The normalized spacial score (nSPS) is 16.1. The zero-order valence-corrected chi connectivity index (χ0v) is 14.8. The summed E-state index contributed by atoms with van der Waals surface area (Å²) in [5, 5.41) is 0. The van der Waals surface area contributed by atoms with Gasteiger partial charge in [-0.1, -0.05) is 18.2 Å². The van der Waals surface area contributed by atoms with Crippen molar-refractivity contribution in [3.8, 4) is 17.2 Å². The Balaban J connectivity index is 1.70. The van der Waals surface area contributed by atoms with E-state index in [0.717, 1.165) is 17.7 Å². The number of rotatable bonds is 5. The van der Waals surface area contributed by atoms with E-state index < -0.39 is 0 Å². The molecule has 0 aromatic heterocycles. The number of benzene rings is 2. The number of ether oxygens (including phenoxy) is 3. The number of hydrogen-bond acceptors (Lipinski definition) is 4. The van der Waals surface area contributed by atoms with E-state index in [1.165, 1.54) is 5.56 Å². The minimum atomic E-state index is -0.0353. The molecular weight excluding hydrogens is 318 g/mol. The number of para-hydroxylation sites is 2. The predicted octanol–water partition coefficient (Wildman–Crippen LogP) is 3.23. The molecule has 25 heavy (non-hydrogen) atoms. The van der Waals surface area contributed by atoms with Crippen LogP contribution in [0.5, 0.6) is 17.2 Å². The van der Waals surface area contributed by atoms with Crippen molar-refractivity contribution in [1.29, 1.82) is 0 Å². The molecule has 0 N–H and O–H groups in total. The van der Waals surface area contributed by atoms with Gasteiger partial charge in [0.15, 0.2) is 18.1 Å². The zero-order valence-electron chi connectivity index (χ0n) is 14.8. The van der Waals surface area contributed by atoms with Gasteiger partial charge in [0.1, 0.15) is 5.75 Å². The van der Waals surface area contributed by atoms with Crippen molar-refractivity contribution < 1.29 is 19.0 Å². The van der Waals surface area contributed by atoms with Crippen molar-refractivity contribution in [1.82, 2.24) is 4.90 Å². The maximum absolute atomic E-state index is 12.7. The molecule has 1 atom stereocenters. The fourth-order valence-corrected chi connectivity index (χ4v) is 3.22. The second kappa shape index (κ2) is 7.47. The van der Waals surface area contributed by atoms with E-state index in [1.54, 1.807) is 20.3 Å². The Bertz CT molecular complexity index is 759. The van der Waals surface area contributed by atoms with Crippen molar-refractivity contribution in [3.05, 3.63) is 53.6 Å². The van der Waals surface area contributed by atoms with Gasteiger partial charge in [-0.2, -0.15) is 0 Å². The SMILES string of the molecule is COc1ccc2c(c1)C(C)N(C(=O)COc1ccccc1OC)CC2. The molecule has 0 aliphatic carbocycles. The van der Waals surface area contributed by atoms with Crippen LogP contribution in [0.2, 0.25) is 0 Å². The Kier molecular flexibility index (Phi) is 5.12. The van der Waals surface area contributed by atoms with Crippen LogP contribution in [-0.2, 0) is 11.2 Å². The topological polar surface area (TPSA) is 48.0 Å². The highest BCUT2D eigenvalue weighted by Gasteiger charge is 2.28. The second-order valence-electron chi connectivity index (χ2n) is 6.02. The van der Waals surface area contributed by atoms with Crippen LogP contribution < -0.4 is 14.2 Å². The third-order valence-electron chi connectivity index (χ3n) is 4.63. The average molecular weight is 341 g/mol. The predicted molar refractivity (Wildman–Crippen MR) is 95.3 cm³/mol. The number of fused-ring (bicyclic) bond motifs is 1. The van der Waals surface area contributed by atoms with Crippen LogP contribution in [0.25, 0.3) is 0 Å². The number of amides is 1. The third-order valence-corrected chi connectivity index (χ3v) is 4.63. The molecule has 2 aromatic carbocycles. The molecule has 132 valence electrons. The summed E-state index contributed by atoms with van der Waals surface area (Å²) in [6, 6.07) is 13.4. The Labute approximate surface area is 148 Å². The minimum Gasteiger partial charge on any atom is -0.497 e. The highest BCUT2D eigenvalue weighted by atomic mass is 16.5. The number of carbonyl (C=O) groups is 1. The number of methoxy groups -OCH3 is 2. The van der Waals surface area contributed by atoms with Crippen molar-refractivity contribution in [2.24, 2.45) is 0 Å². The molecule has 1 amide bonds. The summed E-state index contributed by atoms with van der Waals surface area (Å²) in [7, 11) is 3.24. The average Bonchev–Trinajstić information content (AvgIpc) is 2.66. The molecule has 1 aliphatic heterocycles. The lowest BCUT2D eigenvalue weighted by molar-refractivity contribution is -0.136. The first kappa shape index (κ1) is 17.1. The van der Waals surface area contributed by atoms with Crippen LogP contribution in [0, 0.1) is 0 Å². The molecule has 0 fully saturated rings. The lowest BCUT2D eigenvalue weighted by Gasteiger charge is -2.35. The molecule has 1 unspecified atom stereocenters. The van der Waals surface area contributed by atoms with Crippen molar-refractivity contribution in [2.45, 2.75) is 19.4 Å². The highest BCUT2D eigenvalue weighted by Crippen LogP contribution is 2.32. The fourth-order valence-electron chi connectivity index (χ4n) is 3.22. The van der Waals surface area contributed by atoms with E-state index in [9.17, 15) is 4.79 Å². The molecule has 0 saturated heterocycles. The quantitative estimate of drug-likeness (QED) is 0.838. The molecule has 0 bridgehead atoms. The molecule has 2 aromatic rings. The largest absolute Gasteiger partial charge is 0.497 e. The summed E-state index contributed by atoms with van der Waals surface area (Å²) >= 11 is 0. The van der Waals surface area contributed by atoms with Gasteiger partial charge in [0.25, 0.3) is 5.91 Å². The Morgan fingerprint density at radius 3 is 2.60 bits per heavy atom. The molecule has 0 saturated carbocycles. The van der Waals surface area contributed by atoms with Crippen LogP contribution >= 0.6 is 0 Å². The van der Waals surface area contributed by atoms with Gasteiger partial charge in [-0.25, -0.2) is 0 Å². The highest BCUT2D eigenvalue weighted by molar-refractivity contribution is 5.78. The van der Waals surface area contributed by atoms with Gasteiger partial charge in [-0.05, 0) is 48.7 Å². The van der Waals surface area contributed by atoms with Gasteiger partial charge < -0.3 is 19.1 Å². The van der Waals surface area contributed by atoms with Crippen LogP contribution in [-0.4, -0.2) is 38.2 Å². The molecule has 1 aliphatic rings. The Morgan fingerprint density at radius 2 is 1.88 bits per heavy atom. The van der Waals surface area contributed by atoms with Crippen molar-refractivity contribution >= 4 is 5.91 Å². The van der Waals surface area contributed by atoms with Crippen molar-refractivity contribution in [2.75, 3.05) is 27.4 Å². The standard InChI is InChI=1S/C20H23NO4/c1-14-17-12-16(23-2)9-8-15(17)10-11-21(14)20(22)13-25-19-7-5-4-6-18(19)24-3/h4-9,12,14H,10-11,13H2,1-3H3. The van der Waals surface area contributed by atoms with Crippen LogP contribution in [0.3, 0.4) is 0 Å². The summed E-state index contributed by atoms with van der Waals surface area (Å²) in [5.41, 5.74) is 2.40. The summed E-state index contributed by atoms with van der Waals surface area (Å²) in [6.45, 7) is 2.72. The first-order valence-electron chi connectivity index (χ1n) is 8.36. The molecule has 5 heteroatoms. The van der Waals surface area contributed by atoms with E-state index in [1.807, 2.05) is 42.2 Å². The maximum Gasteiger partial charge on any atom is 0.261 e. The first-order valence-corrected chi connectivity index (χ1v) is 8.36. The summed E-state index contributed by atoms with van der Waals surface area (Å²) in [5.74, 6) is 1.97. The van der Waals surface area contributed by atoms with Crippen LogP contribution in [0.4, 0.5) is 0 Å². The Morgan fingerprint density at radius 1 is 1.12 bits per heavy atom. The number of hydrogen-bond donors (Lipinski definition) is 0. The smallest absolute Gasteiger partial charge is 0.261 e. The Hall–Kier alpha value is -2.69. The van der Waals surface area contributed by atoms with Gasteiger partial charge in [-0.3, -0.25) is 4.79 Å². The van der Waals surface area contributed by atoms with Crippen LogP contribution in [0.1, 0.15) is 24.1 Å². The zero-order chi connectivity index (χ0) is 17.8. The molecule has 0 radical (unpaired) electrons.